The van der Waals surface area contributed by atoms with Gasteiger partial charge in [-0.2, -0.15) is 0 Å². The molecule has 1 aromatic carbocycles. The molecule has 6 heteroatoms. The molecule has 0 aliphatic carbocycles. The first-order chi connectivity index (χ1) is 13.4. The van der Waals surface area contributed by atoms with Crippen molar-refractivity contribution in [3.05, 3.63) is 71.3 Å². The molecule has 146 valence electrons. The SMILES string of the molecule is COc1ccc(CN2C(=O)C(O)=C(C(=O)CC(C)C)C2c2cccnc2)cc1. The smallest absolute Gasteiger partial charge is 0.290 e. The molecule has 1 amide bonds. The zero-order valence-electron chi connectivity index (χ0n) is 16.3. The molecule has 1 aliphatic rings. The Morgan fingerprint density at radius 2 is 1.96 bits per heavy atom. The van der Waals surface area contributed by atoms with Crippen LogP contribution in [-0.2, 0) is 16.1 Å². The van der Waals surface area contributed by atoms with E-state index in [1.807, 2.05) is 44.2 Å². The molecule has 0 fully saturated rings. The van der Waals surface area contributed by atoms with Crippen LogP contribution in [0.5, 0.6) is 5.75 Å². The third-order valence-electron chi connectivity index (χ3n) is 4.71. The number of ether oxygens (including phenoxy) is 1. The standard InChI is InChI=1S/C22H24N2O4/c1-14(2)11-18(25)19-20(16-5-4-10-23-12-16)24(22(27)21(19)26)13-15-6-8-17(28-3)9-7-15/h4-10,12,14,20,26H,11,13H2,1-3H3. The van der Waals surface area contributed by atoms with E-state index in [-0.39, 0.29) is 30.2 Å². The van der Waals surface area contributed by atoms with Crippen LogP contribution in [0.2, 0.25) is 0 Å². The van der Waals surface area contributed by atoms with Crippen LogP contribution in [0.4, 0.5) is 0 Å². The Kier molecular flexibility index (Phi) is 5.78. The van der Waals surface area contributed by atoms with Crippen molar-refractivity contribution in [1.82, 2.24) is 9.88 Å². The molecule has 1 aromatic heterocycles. The van der Waals surface area contributed by atoms with E-state index < -0.39 is 17.7 Å². The molecule has 2 heterocycles. The number of amides is 1. The maximum Gasteiger partial charge on any atom is 0.290 e. The van der Waals surface area contributed by atoms with E-state index in [0.717, 1.165) is 5.56 Å². The normalized spacial score (nSPS) is 16.8. The second kappa shape index (κ2) is 8.25. The fourth-order valence-electron chi connectivity index (χ4n) is 3.39. The molecule has 6 nitrogen and oxygen atoms in total. The summed E-state index contributed by atoms with van der Waals surface area (Å²) in [5.41, 5.74) is 1.72. The fourth-order valence-corrected chi connectivity index (χ4v) is 3.39. The van der Waals surface area contributed by atoms with Gasteiger partial charge in [-0.25, -0.2) is 0 Å². The molecule has 1 atom stereocenters. The number of nitrogens with zero attached hydrogens (tertiary/aromatic N) is 2. The molecular formula is C22H24N2O4. The monoisotopic (exact) mass is 380 g/mol. The molecule has 0 spiro atoms. The van der Waals surface area contributed by atoms with Gasteiger partial charge in [0.2, 0.25) is 0 Å². The average molecular weight is 380 g/mol. The highest BCUT2D eigenvalue weighted by molar-refractivity contribution is 6.08. The summed E-state index contributed by atoms with van der Waals surface area (Å²) < 4.78 is 5.17. The van der Waals surface area contributed by atoms with Gasteiger partial charge in [-0.1, -0.05) is 32.0 Å². The van der Waals surface area contributed by atoms with E-state index in [1.54, 1.807) is 25.6 Å². The Hall–Kier alpha value is -3.15. The predicted octanol–water partition coefficient (Wildman–Crippen LogP) is 3.60. The highest BCUT2D eigenvalue weighted by Gasteiger charge is 2.43. The van der Waals surface area contributed by atoms with Crippen LogP contribution in [0.1, 0.15) is 37.4 Å². The van der Waals surface area contributed by atoms with Crippen LogP contribution in [-0.4, -0.2) is 33.8 Å². The van der Waals surface area contributed by atoms with Gasteiger partial charge in [0.05, 0.1) is 18.7 Å². The number of ketones is 1. The second-order valence-electron chi connectivity index (χ2n) is 7.25. The highest BCUT2D eigenvalue weighted by Crippen LogP contribution is 2.39. The quantitative estimate of drug-likeness (QED) is 0.794. The molecule has 2 aromatic rings. The molecule has 28 heavy (non-hydrogen) atoms. The van der Waals surface area contributed by atoms with Gasteiger partial charge in [-0.15, -0.1) is 0 Å². The van der Waals surface area contributed by atoms with Gasteiger partial charge in [-0.05, 0) is 35.2 Å². The van der Waals surface area contributed by atoms with Crippen molar-refractivity contribution >= 4 is 11.7 Å². The van der Waals surface area contributed by atoms with Crippen molar-refractivity contribution in [2.45, 2.75) is 32.9 Å². The first-order valence-corrected chi connectivity index (χ1v) is 9.22. The molecule has 0 saturated heterocycles. The molecule has 1 unspecified atom stereocenters. The molecule has 1 aliphatic heterocycles. The Bertz CT molecular complexity index is 889. The van der Waals surface area contributed by atoms with E-state index in [1.165, 1.54) is 4.90 Å². The largest absolute Gasteiger partial charge is 0.503 e. The van der Waals surface area contributed by atoms with Crippen LogP contribution in [0.15, 0.2) is 60.1 Å². The lowest BCUT2D eigenvalue weighted by atomic mass is 9.93. The first kappa shape index (κ1) is 19.6. The van der Waals surface area contributed by atoms with Gasteiger partial charge in [-0.3, -0.25) is 14.6 Å². The predicted molar refractivity (Wildman–Crippen MR) is 105 cm³/mol. The number of carbonyl (C=O) groups excluding carboxylic acids is 2. The number of aliphatic hydroxyl groups excluding tert-OH is 1. The number of rotatable bonds is 7. The van der Waals surface area contributed by atoms with Gasteiger partial charge < -0.3 is 14.7 Å². The number of Topliss-reactive ketones (excluding diaryl/α,β-unsaturated/α-hetero) is 1. The van der Waals surface area contributed by atoms with Crippen LogP contribution < -0.4 is 4.74 Å². The number of aromatic nitrogens is 1. The lowest BCUT2D eigenvalue weighted by Crippen LogP contribution is -2.30. The average Bonchev–Trinajstić information content (AvgIpc) is 2.94. The van der Waals surface area contributed by atoms with Crippen molar-refractivity contribution in [2.24, 2.45) is 5.92 Å². The van der Waals surface area contributed by atoms with E-state index in [9.17, 15) is 14.7 Å². The van der Waals surface area contributed by atoms with Gasteiger partial charge >= 0.3 is 0 Å². The summed E-state index contributed by atoms with van der Waals surface area (Å²) in [6.07, 6.45) is 3.52. The summed E-state index contributed by atoms with van der Waals surface area (Å²) >= 11 is 0. The summed E-state index contributed by atoms with van der Waals surface area (Å²) in [5, 5.41) is 10.5. The van der Waals surface area contributed by atoms with Crippen LogP contribution in [0.3, 0.4) is 0 Å². The Labute approximate surface area is 164 Å². The van der Waals surface area contributed by atoms with E-state index in [2.05, 4.69) is 4.98 Å². The summed E-state index contributed by atoms with van der Waals surface area (Å²) in [4.78, 5) is 31.3. The van der Waals surface area contributed by atoms with Gasteiger partial charge in [0.25, 0.3) is 5.91 Å². The Morgan fingerprint density at radius 1 is 1.25 bits per heavy atom. The molecule has 0 radical (unpaired) electrons. The number of methoxy groups -OCH3 is 1. The molecular weight excluding hydrogens is 356 g/mol. The van der Waals surface area contributed by atoms with E-state index in [4.69, 9.17) is 4.74 Å². The maximum atomic E-state index is 12.8. The lowest BCUT2D eigenvalue weighted by Gasteiger charge is -2.27. The third kappa shape index (κ3) is 3.91. The van der Waals surface area contributed by atoms with Crippen molar-refractivity contribution in [1.29, 1.82) is 0 Å². The summed E-state index contributed by atoms with van der Waals surface area (Å²) in [6, 6.07) is 10.3. The van der Waals surface area contributed by atoms with E-state index >= 15 is 0 Å². The van der Waals surface area contributed by atoms with Crippen molar-refractivity contribution in [2.75, 3.05) is 7.11 Å². The molecule has 0 saturated carbocycles. The maximum absolute atomic E-state index is 12.8. The van der Waals surface area contributed by atoms with Gasteiger partial charge in [0.15, 0.2) is 11.5 Å². The Morgan fingerprint density at radius 3 is 2.54 bits per heavy atom. The van der Waals surface area contributed by atoms with Gasteiger partial charge in [0.1, 0.15) is 5.75 Å². The zero-order chi connectivity index (χ0) is 20.3. The molecule has 0 bridgehead atoms. The summed E-state index contributed by atoms with van der Waals surface area (Å²) in [7, 11) is 1.59. The van der Waals surface area contributed by atoms with Crippen molar-refractivity contribution in [3.63, 3.8) is 0 Å². The number of hydrogen-bond acceptors (Lipinski definition) is 5. The number of aliphatic hydroxyl groups is 1. The summed E-state index contributed by atoms with van der Waals surface area (Å²) in [5.74, 6) is -0.390. The molecule has 3 rings (SSSR count). The first-order valence-electron chi connectivity index (χ1n) is 9.22. The van der Waals surface area contributed by atoms with Crippen LogP contribution >= 0.6 is 0 Å². The minimum atomic E-state index is -0.658. The number of pyridine rings is 1. The Balaban J connectivity index is 1.98. The second-order valence-corrected chi connectivity index (χ2v) is 7.25. The van der Waals surface area contributed by atoms with Crippen LogP contribution in [0, 0.1) is 5.92 Å². The highest BCUT2D eigenvalue weighted by atomic mass is 16.5. The van der Waals surface area contributed by atoms with E-state index in [0.29, 0.717) is 11.3 Å². The molecule has 1 N–H and O–H groups in total. The third-order valence-corrected chi connectivity index (χ3v) is 4.71. The zero-order valence-corrected chi connectivity index (χ0v) is 16.3. The topological polar surface area (TPSA) is 79.7 Å². The summed E-state index contributed by atoms with van der Waals surface area (Å²) in [6.45, 7) is 4.12. The number of carbonyl (C=O) groups is 2. The lowest BCUT2D eigenvalue weighted by molar-refractivity contribution is -0.130. The number of benzene rings is 1. The fraction of sp³-hybridized carbons (Fsp3) is 0.318. The minimum Gasteiger partial charge on any atom is -0.503 e. The van der Waals surface area contributed by atoms with Gasteiger partial charge in [0, 0.05) is 25.4 Å². The van der Waals surface area contributed by atoms with Crippen molar-refractivity contribution < 1.29 is 19.4 Å². The van der Waals surface area contributed by atoms with Crippen molar-refractivity contribution in [3.8, 4) is 5.75 Å². The minimum absolute atomic E-state index is 0.119. The number of hydrogen-bond donors (Lipinski definition) is 1. The van der Waals surface area contributed by atoms with Crippen LogP contribution in [0.25, 0.3) is 0 Å².